The summed E-state index contributed by atoms with van der Waals surface area (Å²) in [4.78, 5) is 2.36. The lowest BCUT2D eigenvalue weighted by Crippen LogP contribution is -2.61. The van der Waals surface area contributed by atoms with E-state index in [1.807, 2.05) is 0 Å². The first-order valence-electron chi connectivity index (χ1n) is 4.48. The van der Waals surface area contributed by atoms with Crippen molar-refractivity contribution in [2.24, 2.45) is 17.6 Å². The summed E-state index contributed by atoms with van der Waals surface area (Å²) in [5.74, 6) is 1.44. The van der Waals surface area contributed by atoms with Gasteiger partial charge in [0.15, 0.2) is 0 Å². The molecule has 3 rings (SSSR count). The number of nitrogens with two attached hydrogens (primary N) is 1. The van der Waals surface area contributed by atoms with Crippen LogP contribution in [0.4, 0.5) is 0 Å². The zero-order valence-corrected chi connectivity index (χ0v) is 7.93. The summed E-state index contributed by atoms with van der Waals surface area (Å²) in [6.07, 6.45) is 1.33. The van der Waals surface area contributed by atoms with Crippen LogP contribution in [0.5, 0.6) is 0 Å². The largest absolute Gasteiger partial charge is 0.327 e. The number of hydrogen-bond donors (Lipinski definition) is 1. The van der Waals surface area contributed by atoms with Gasteiger partial charge in [-0.3, -0.25) is 4.90 Å². The maximum atomic E-state index is 5.94. The van der Waals surface area contributed by atoms with Gasteiger partial charge in [0.25, 0.3) is 0 Å². The molecule has 3 aliphatic rings. The van der Waals surface area contributed by atoms with Crippen LogP contribution in [0.2, 0.25) is 0 Å². The van der Waals surface area contributed by atoms with Crippen molar-refractivity contribution in [3.63, 3.8) is 0 Å². The first-order valence-corrected chi connectivity index (χ1v) is 4.86. The van der Waals surface area contributed by atoms with E-state index in [0.29, 0.717) is 6.04 Å². The normalized spacial score (nSPS) is 40.7. The van der Waals surface area contributed by atoms with Gasteiger partial charge in [0.05, 0.1) is 0 Å². The highest BCUT2D eigenvalue weighted by molar-refractivity contribution is 6.29. The number of rotatable bonds is 2. The molecule has 12 heavy (non-hydrogen) atoms. The van der Waals surface area contributed by atoms with E-state index >= 15 is 0 Å². The predicted octanol–water partition coefficient (Wildman–Crippen LogP) is 1.02. The van der Waals surface area contributed by atoms with Gasteiger partial charge in [0, 0.05) is 30.7 Å². The van der Waals surface area contributed by atoms with Gasteiger partial charge in [-0.15, -0.1) is 0 Å². The highest BCUT2D eigenvalue weighted by Crippen LogP contribution is 2.38. The van der Waals surface area contributed by atoms with Crippen molar-refractivity contribution in [2.45, 2.75) is 12.5 Å². The summed E-state index contributed by atoms with van der Waals surface area (Å²) in [6, 6.07) is 0.463. The average molecular weight is 187 g/mol. The number of nitrogens with zero attached hydrogens (tertiary/aromatic N) is 1. The minimum Gasteiger partial charge on any atom is -0.327 e. The maximum absolute atomic E-state index is 5.94. The van der Waals surface area contributed by atoms with Crippen molar-refractivity contribution in [1.82, 2.24) is 4.90 Å². The summed E-state index contributed by atoms with van der Waals surface area (Å²) < 4.78 is 0. The molecule has 2 bridgehead atoms. The summed E-state index contributed by atoms with van der Waals surface area (Å²) in [5, 5.41) is 0.741. The van der Waals surface area contributed by atoms with Crippen LogP contribution in [0.15, 0.2) is 11.6 Å². The fourth-order valence-corrected chi connectivity index (χ4v) is 2.56. The molecule has 0 spiro atoms. The number of halogens is 1. The maximum Gasteiger partial charge on any atom is 0.0335 e. The molecule has 1 saturated carbocycles. The molecule has 3 fully saturated rings. The predicted molar refractivity (Wildman–Crippen MR) is 51.0 cm³/mol. The van der Waals surface area contributed by atoms with Gasteiger partial charge >= 0.3 is 0 Å². The van der Waals surface area contributed by atoms with Crippen LogP contribution in [-0.4, -0.2) is 30.6 Å². The fourth-order valence-electron chi connectivity index (χ4n) is 2.39. The Balaban J connectivity index is 1.86. The minimum atomic E-state index is 0.463. The summed E-state index contributed by atoms with van der Waals surface area (Å²) >= 11 is 5.74. The lowest BCUT2D eigenvalue weighted by atomic mass is 9.67. The molecule has 2 heterocycles. The van der Waals surface area contributed by atoms with E-state index in [2.05, 4.69) is 11.5 Å². The third kappa shape index (κ3) is 1.39. The smallest absolute Gasteiger partial charge is 0.0335 e. The van der Waals surface area contributed by atoms with Crippen molar-refractivity contribution in [3.8, 4) is 0 Å². The Morgan fingerprint density at radius 2 is 2.08 bits per heavy atom. The van der Waals surface area contributed by atoms with Crippen molar-refractivity contribution in [2.75, 3.05) is 19.6 Å². The fraction of sp³-hybridized carbons (Fsp3) is 0.778. The van der Waals surface area contributed by atoms with Gasteiger partial charge in [-0.05, 0) is 18.3 Å². The monoisotopic (exact) mass is 186 g/mol. The van der Waals surface area contributed by atoms with Gasteiger partial charge < -0.3 is 5.73 Å². The summed E-state index contributed by atoms with van der Waals surface area (Å²) in [7, 11) is 0. The Morgan fingerprint density at radius 3 is 2.50 bits per heavy atom. The molecule has 2 aliphatic heterocycles. The molecule has 0 aromatic rings. The molecular formula is C9H15ClN2. The number of fused-ring (bicyclic) bond motifs is 2. The van der Waals surface area contributed by atoms with Crippen LogP contribution in [0, 0.1) is 11.8 Å². The van der Waals surface area contributed by atoms with E-state index in [1.165, 1.54) is 6.42 Å². The first-order chi connectivity index (χ1) is 5.66. The van der Waals surface area contributed by atoms with Gasteiger partial charge in [0.1, 0.15) is 0 Å². The van der Waals surface area contributed by atoms with Gasteiger partial charge in [-0.2, -0.15) is 0 Å². The molecule has 1 aliphatic carbocycles. The van der Waals surface area contributed by atoms with Crippen LogP contribution in [0.25, 0.3) is 0 Å². The average Bonchev–Trinajstić information content (AvgIpc) is 2.02. The van der Waals surface area contributed by atoms with Crippen molar-refractivity contribution in [1.29, 1.82) is 0 Å². The molecule has 0 aromatic carbocycles. The minimum absolute atomic E-state index is 0.463. The van der Waals surface area contributed by atoms with Crippen molar-refractivity contribution >= 4 is 11.6 Å². The van der Waals surface area contributed by atoms with E-state index in [-0.39, 0.29) is 0 Å². The highest BCUT2D eigenvalue weighted by Gasteiger charge is 2.44. The Morgan fingerprint density at radius 1 is 1.50 bits per heavy atom. The first kappa shape index (κ1) is 8.54. The Hall–Kier alpha value is -0.0500. The molecule has 2 atom stereocenters. The van der Waals surface area contributed by atoms with Crippen molar-refractivity contribution in [3.05, 3.63) is 11.6 Å². The van der Waals surface area contributed by atoms with E-state index in [1.54, 1.807) is 0 Å². The van der Waals surface area contributed by atoms with Crippen LogP contribution in [0.1, 0.15) is 6.42 Å². The third-order valence-corrected chi connectivity index (χ3v) is 3.19. The molecule has 2 N–H and O–H groups in total. The molecular weight excluding hydrogens is 172 g/mol. The van der Waals surface area contributed by atoms with E-state index < -0.39 is 0 Å². The van der Waals surface area contributed by atoms with E-state index in [0.717, 1.165) is 36.5 Å². The van der Waals surface area contributed by atoms with Gasteiger partial charge in [0.2, 0.25) is 0 Å². The second-order valence-electron chi connectivity index (χ2n) is 4.04. The standard InChI is InChI=1S/C9H15ClN2/c1-6(10)3-12-4-7-2-8(5-12)9(7)11/h7-9H,1-5,11H2. The van der Waals surface area contributed by atoms with Crippen LogP contribution >= 0.6 is 11.6 Å². The van der Waals surface area contributed by atoms with E-state index in [9.17, 15) is 0 Å². The summed E-state index contributed by atoms with van der Waals surface area (Å²) in [5.41, 5.74) is 5.94. The Bertz CT molecular complexity index is 193. The zero-order valence-electron chi connectivity index (χ0n) is 7.17. The molecule has 68 valence electrons. The molecule has 0 aromatic heterocycles. The number of hydrogen-bond acceptors (Lipinski definition) is 2. The van der Waals surface area contributed by atoms with E-state index in [4.69, 9.17) is 17.3 Å². The Labute approximate surface area is 78.4 Å². The lowest BCUT2D eigenvalue weighted by Gasteiger charge is -2.52. The van der Waals surface area contributed by atoms with Crippen LogP contribution < -0.4 is 5.73 Å². The summed E-state index contributed by atoms with van der Waals surface area (Å²) in [6.45, 7) is 6.76. The second kappa shape index (κ2) is 3.02. The molecule has 2 nitrogen and oxygen atoms in total. The topological polar surface area (TPSA) is 29.3 Å². The van der Waals surface area contributed by atoms with Gasteiger partial charge in [-0.25, -0.2) is 0 Å². The SMILES string of the molecule is C=C(Cl)CN1CC2CC(C1)C2N. The Kier molecular flexibility index (Phi) is 2.15. The zero-order chi connectivity index (χ0) is 8.72. The highest BCUT2D eigenvalue weighted by atomic mass is 35.5. The molecule has 3 heteroatoms. The second-order valence-corrected chi connectivity index (χ2v) is 4.58. The van der Waals surface area contributed by atoms with Crippen LogP contribution in [-0.2, 0) is 0 Å². The van der Waals surface area contributed by atoms with Crippen molar-refractivity contribution < 1.29 is 0 Å². The van der Waals surface area contributed by atoms with Crippen LogP contribution in [0.3, 0.4) is 0 Å². The quantitative estimate of drug-likeness (QED) is 0.698. The molecule has 0 amide bonds. The molecule has 2 saturated heterocycles. The molecule has 2 unspecified atom stereocenters. The lowest BCUT2D eigenvalue weighted by molar-refractivity contribution is 0.00864. The van der Waals surface area contributed by atoms with Gasteiger partial charge in [-0.1, -0.05) is 18.2 Å². The molecule has 0 radical (unpaired) electrons. The third-order valence-electron chi connectivity index (χ3n) is 3.07. The number of piperidine rings is 2.